The monoisotopic (exact) mass is 437 g/mol. The second-order valence-corrected chi connectivity index (χ2v) is 8.17. The molecule has 0 saturated carbocycles. The Hall–Kier alpha value is -3.30. The van der Waals surface area contributed by atoms with E-state index in [1.54, 1.807) is 30.7 Å². The number of piperidine rings is 1. The van der Waals surface area contributed by atoms with E-state index in [0.29, 0.717) is 18.8 Å². The number of aliphatic hydroxyl groups is 1. The van der Waals surface area contributed by atoms with Crippen LogP contribution < -0.4 is 4.90 Å². The molecule has 0 radical (unpaired) electrons. The van der Waals surface area contributed by atoms with E-state index in [0.717, 1.165) is 37.2 Å². The molecule has 5 rings (SSSR count). The Morgan fingerprint density at radius 1 is 1.19 bits per heavy atom. The molecule has 9 heteroatoms. The Labute approximate surface area is 184 Å². The summed E-state index contributed by atoms with van der Waals surface area (Å²) in [6.07, 6.45) is 5.50. The lowest BCUT2D eigenvalue weighted by atomic mass is 10.1. The summed E-state index contributed by atoms with van der Waals surface area (Å²) in [5.41, 5.74) is 2.27. The molecule has 4 heterocycles. The van der Waals surface area contributed by atoms with Crippen LogP contribution in [0.4, 0.5) is 14.9 Å². The number of benzene rings is 1. The van der Waals surface area contributed by atoms with Crippen molar-refractivity contribution in [1.29, 1.82) is 0 Å². The molecule has 0 aliphatic carbocycles. The number of cyclic esters (lactones) is 1. The maximum atomic E-state index is 14.9. The lowest BCUT2D eigenvalue weighted by molar-refractivity contribution is 0.0552. The Morgan fingerprint density at radius 2 is 2.03 bits per heavy atom. The first kappa shape index (κ1) is 20.6. The first-order chi connectivity index (χ1) is 15.6. The average Bonchev–Trinajstić information content (AvgIpc) is 3.43. The highest BCUT2D eigenvalue weighted by molar-refractivity contribution is 5.89. The summed E-state index contributed by atoms with van der Waals surface area (Å²) in [5.74, 6) is -0.487. The predicted molar refractivity (Wildman–Crippen MR) is 116 cm³/mol. The molecule has 1 atom stereocenters. The fourth-order valence-electron chi connectivity index (χ4n) is 4.19. The van der Waals surface area contributed by atoms with E-state index in [-0.39, 0.29) is 17.9 Å². The van der Waals surface area contributed by atoms with Crippen molar-refractivity contribution in [2.75, 3.05) is 31.1 Å². The van der Waals surface area contributed by atoms with Gasteiger partial charge in [-0.15, -0.1) is 0 Å². The third-order valence-electron chi connectivity index (χ3n) is 5.93. The summed E-state index contributed by atoms with van der Waals surface area (Å²) in [7, 11) is 0. The molecule has 32 heavy (non-hydrogen) atoms. The fourth-order valence-corrected chi connectivity index (χ4v) is 4.19. The van der Waals surface area contributed by atoms with E-state index >= 15 is 0 Å². The molecule has 3 aromatic rings. The summed E-state index contributed by atoms with van der Waals surface area (Å²) < 4.78 is 21.9. The number of anilines is 1. The summed E-state index contributed by atoms with van der Waals surface area (Å²) >= 11 is 0. The molecular formula is C23H24FN5O3. The molecule has 0 spiro atoms. The smallest absolute Gasteiger partial charge is 0.414 e. The predicted octanol–water partition coefficient (Wildman–Crippen LogP) is 2.86. The van der Waals surface area contributed by atoms with Gasteiger partial charge in [-0.25, -0.2) is 13.9 Å². The number of ether oxygens (including phenoxy) is 1. The lowest BCUT2D eigenvalue weighted by Crippen LogP contribution is -2.41. The van der Waals surface area contributed by atoms with Crippen molar-refractivity contribution >= 4 is 11.8 Å². The van der Waals surface area contributed by atoms with Gasteiger partial charge in [0.25, 0.3) is 0 Å². The molecule has 1 amide bonds. The first-order valence-electron chi connectivity index (χ1n) is 10.7. The minimum atomic E-state index is -0.487. The van der Waals surface area contributed by atoms with Gasteiger partial charge in [-0.2, -0.15) is 5.10 Å². The van der Waals surface area contributed by atoms with Crippen LogP contribution in [0.3, 0.4) is 0 Å². The van der Waals surface area contributed by atoms with Gasteiger partial charge in [-0.05, 0) is 43.2 Å². The number of nitrogens with zero attached hydrogens (tertiary/aromatic N) is 5. The number of aromatic nitrogens is 3. The summed E-state index contributed by atoms with van der Waals surface area (Å²) in [6, 6.07) is 10.2. The number of amides is 1. The summed E-state index contributed by atoms with van der Waals surface area (Å²) in [5, 5.41) is 13.9. The van der Waals surface area contributed by atoms with Crippen molar-refractivity contribution in [3.05, 3.63) is 60.8 Å². The topological polar surface area (TPSA) is 83.7 Å². The van der Waals surface area contributed by atoms with Crippen molar-refractivity contribution in [2.24, 2.45) is 0 Å². The van der Waals surface area contributed by atoms with Crippen LogP contribution in [0, 0.1) is 5.82 Å². The number of hydrogen-bond donors (Lipinski definition) is 1. The number of hydrogen-bond acceptors (Lipinski definition) is 6. The maximum Gasteiger partial charge on any atom is 0.414 e. The lowest BCUT2D eigenvalue weighted by Gasteiger charge is -2.30. The average molecular weight is 437 g/mol. The van der Waals surface area contributed by atoms with Gasteiger partial charge in [0, 0.05) is 37.6 Å². The van der Waals surface area contributed by atoms with Gasteiger partial charge >= 0.3 is 6.09 Å². The van der Waals surface area contributed by atoms with Crippen LogP contribution in [0.15, 0.2) is 55.0 Å². The molecule has 0 unspecified atom stereocenters. The second kappa shape index (κ2) is 8.68. The Balaban J connectivity index is 1.28. The Bertz CT molecular complexity index is 1100. The zero-order chi connectivity index (χ0) is 22.1. The minimum absolute atomic E-state index is 0.245. The van der Waals surface area contributed by atoms with E-state index in [9.17, 15) is 14.3 Å². The highest BCUT2D eigenvalue weighted by atomic mass is 19.1. The largest absolute Gasteiger partial charge is 0.443 e. The van der Waals surface area contributed by atoms with Gasteiger partial charge in [-0.1, -0.05) is 6.07 Å². The highest BCUT2D eigenvalue weighted by Gasteiger charge is 2.34. The Morgan fingerprint density at radius 3 is 2.78 bits per heavy atom. The quantitative estimate of drug-likeness (QED) is 0.661. The third-order valence-corrected chi connectivity index (χ3v) is 5.93. The van der Waals surface area contributed by atoms with Gasteiger partial charge in [0.1, 0.15) is 11.8 Å². The zero-order valence-electron chi connectivity index (χ0n) is 17.5. The molecule has 0 bridgehead atoms. The molecule has 1 aromatic carbocycles. The molecule has 2 saturated heterocycles. The number of carbonyl (C=O) groups excluding carboxylic acids is 1. The maximum absolute atomic E-state index is 14.9. The Kier molecular flexibility index (Phi) is 5.59. The van der Waals surface area contributed by atoms with E-state index in [1.807, 2.05) is 18.2 Å². The molecule has 2 aliphatic rings. The van der Waals surface area contributed by atoms with E-state index in [1.165, 1.54) is 15.6 Å². The van der Waals surface area contributed by atoms with Crippen molar-refractivity contribution in [3.63, 3.8) is 0 Å². The van der Waals surface area contributed by atoms with Crippen LogP contribution in [-0.4, -0.2) is 69.3 Å². The van der Waals surface area contributed by atoms with Crippen LogP contribution in [0.5, 0.6) is 0 Å². The zero-order valence-corrected chi connectivity index (χ0v) is 17.5. The number of rotatable bonds is 5. The molecule has 2 aliphatic heterocycles. The number of likely N-dealkylation sites (tertiary alicyclic amines) is 1. The molecule has 1 N–H and O–H groups in total. The number of aliphatic hydroxyl groups excluding tert-OH is 1. The molecule has 8 nitrogen and oxygen atoms in total. The second-order valence-electron chi connectivity index (χ2n) is 8.17. The van der Waals surface area contributed by atoms with Gasteiger partial charge < -0.3 is 9.84 Å². The van der Waals surface area contributed by atoms with Crippen molar-refractivity contribution in [2.45, 2.75) is 25.0 Å². The highest BCUT2D eigenvalue weighted by Crippen LogP contribution is 2.27. The minimum Gasteiger partial charge on any atom is -0.443 e. The van der Waals surface area contributed by atoms with E-state index < -0.39 is 11.9 Å². The van der Waals surface area contributed by atoms with Gasteiger partial charge in [0.2, 0.25) is 0 Å². The van der Waals surface area contributed by atoms with Crippen LogP contribution in [0.1, 0.15) is 12.8 Å². The third kappa shape index (κ3) is 4.21. The summed E-state index contributed by atoms with van der Waals surface area (Å²) in [6.45, 7) is 2.53. The van der Waals surface area contributed by atoms with Crippen molar-refractivity contribution in [3.8, 4) is 16.9 Å². The summed E-state index contributed by atoms with van der Waals surface area (Å²) in [4.78, 5) is 20.3. The molecule has 2 aromatic heterocycles. The SMILES string of the molecule is O=C1O[C@@H](CN2CCC(O)CC2)CN1c1ccc(-n2cc(-c3ccccn3)cn2)c(F)c1. The number of halogens is 1. The van der Waals surface area contributed by atoms with Crippen LogP contribution in [0.25, 0.3) is 16.9 Å². The van der Waals surface area contributed by atoms with Gasteiger partial charge in [0.15, 0.2) is 5.82 Å². The number of pyridine rings is 1. The van der Waals surface area contributed by atoms with Crippen LogP contribution >= 0.6 is 0 Å². The van der Waals surface area contributed by atoms with E-state index in [4.69, 9.17) is 4.74 Å². The van der Waals surface area contributed by atoms with Crippen molar-refractivity contribution in [1.82, 2.24) is 19.7 Å². The van der Waals surface area contributed by atoms with Gasteiger partial charge in [0.05, 0.1) is 30.2 Å². The van der Waals surface area contributed by atoms with Crippen molar-refractivity contribution < 1.29 is 19.0 Å². The van der Waals surface area contributed by atoms with Crippen LogP contribution in [-0.2, 0) is 4.74 Å². The standard InChI is InChI=1S/C23H24FN5O3/c24-20-11-17(28-15-19(32-23(28)31)14-27-9-6-18(30)7-10-27)4-5-22(20)29-13-16(12-26-29)21-3-1-2-8-25-21/h1-5,8,11-13,18-19,30H,6-7,9-10,14-15H2/t19-/m0/s1. The molecule has 2 fully saturated rings. The fraction of sp³-hybridized carbons (Fsp3) is 0.348. The molecular weight excluding hydrogens is 413 g/mol. The first-order valence-corrected chi connectivity index (χ1v) is 10.7. The molecule has 166 valence electrons. The normalized spacial score (nSPS) is 20.0. The number of carbonyl (C=O) groups is 1. The van der Waals surface area contributed by atoms with Crippen LogP contribution in [0.2, 0.25) is 0 Å². The van der Waals surface area contributed by atoms with Gasteiger partial charge in [-0.3, -0.25) is 14.8 Å². The van der Waals surface area contributed by atoms with E-state index in [2.05, 4.69) is 15.0 Å².